The molecule has 11 heavy (non-hydrogen) atoms. The molecule has 0 aliphatic rings. The Balaban J connectivity index is 2.95. The van der Waals surface area contributed by atoms with Crippen LogP contribution in [0.5, 0.6) is 5.75 Å². The average molecular weight is 153 g/mol. The van der Waals surface area contributed by atoms with E-state index in [-0.39, 0.29) is 6.42 Å². The molecule has 0 aliphatic heterocycles. The highest BCUT2D eigenvalue weighted by Crippen LogP contribution is 2.15. The Morgan fingerprint density at radius 2 is 2.27 bits per heavy atom. The van der Waals surface area contributed by atoms with Crippen LogP contribution in [0.3, 0.4) is 0 Å². The fourth-order valence-corrected chi connectivity index (χ4v) is 0.744. The number of phenolic OH excluding ortho intramolecular Hbond substituents is 1. The molecule has 0 spiro atoms. The summed E-state index contributed by atoms with van der Waals surface area (Å²) >= 11 is 0. The number of halogens is 1. The number of hydrogen-bond donors (Lipinski definition) is 1. The Morgan fingerprint density at radius 3 is 2.82 bits per heavy atom. The zero-order chi connectivity index (χ0) is 8.27. The van der Waals surface area contributed by atoms with Crippen molar-refractivity contribution in [3.63, 3.8) is 0 Å². The van der Waals surface area contributed by atoms with Crippen molar-refractivity contribution in [3.05, 3.63) is 29.6 Å². The molecule has 0 heterocycles. The summed E-state index contributed by atoms with van der Waals surface area (Å²) in [5.74, 6) is -1.11. The van der Waals surface area contributed by atoms with Gasteiger partial charge in [0.15, 0.2) is 11.6 Å². The molecule has 1 aromatic rings. The highest BCUT2D eigenvalue weighted by atomic mass is 19.1. The summed E-state index contributed by atoms with van der Waals surface area (Å²) in [7, 11) is 0. The summed E-state index contributed by atoms with van der Waals surface area (Å²) in [5.41, 5.74) is 0.510. The van der Waals surface area contributed by atoms with Crippen molar-refractivity contribution < 1.29 is 14.3 Å². The van der Waals surface area contributed by atoms with Crippen LogP contribution >= 0.6 is 0 Å². The van der Waals surface area contributed by atoms with Crippen molar-refractivity contribution in [1.82, 2.24) is 0 Å². The van der Waals surface area contributed by atoms with E-state index in [9.17, 15) is 9.18 Å². The van der Waals surface area contributed by atoms with Crippen LogP contribution in [0.15, 0.2) is 18.2 Å². The molecular weight excluding hydrogens is 147 g/mol. The van der Waals surface area contributed by atoms with Crippen molar-refractivity contribution in [2.45, 2.75) is 6.42 Å². The predicted molar refractivity (Wildman–Crippen MR) is 37.5 cm³/mol. The standard InChI is InChI=1S/C8H6FO2/c9-7-5-6(3-4-10)1-2-8(7)11/h1-2,5,11H,3H2. The minimum Gasteiger partial charge on any atom is -0.505 e. The van der Waals surface area contributed by atoms with Gasteiger partial charge in [-0.3, -0.25) is 4.79 Å². The number of benzene rings is 1. The van der Waals surface area contributed by atoms with E-state index in [2.05, 4.69) is 0 Å². The van der Waals surface area contributed by atoms with Gasteiger partial charge in [-0.25, -0.2) is 4.39 Å². The van der Waals surface area contributed by atoms with Crippen LogP contribution in [-0.2, 0) is 11.2 Å². The van der Waals surface area contributed by atoms with Gasteiger partial charge in [-0.05, 0) is 17.7 Å². The summed E-state index contributed by atoms with van der Waals surface area (Å²) < 4.78 is 12.5. The molecule has 1 rings (SSSR count). The smallest absolute Gasteiger partial charge is 0.203 e. The summed E-state index contributed by atoms with van der Waals surface area (Å²) in [5, 5.41) is 8.74. The molecule has 1 aromatic carbocycles. The van der Waals surface area contributed by atoms with Crippen LogP contribution in [0.4, 0.5) is 4.39 Å². The third-order valence-electron chi connectivity index (χ3n) is 1.29. The van der Waals surface area contributed by atoms with E-state index >= 15 is 0 Å². The Labute approximate surface area is 63.3 Å². The molecule has 0 bridgehead atoms. The molecule has 1 radical (unpaired) electrons. The van der Waals surface area contributed by atoms with Crippen LogP contribution < -0.4 is 0 Å². The van der Waals surface area contributed by atoms with Gasteiger partial charge in [0.2, 0.25) is 6.29 Å². The summed E-state index contributed by atoms with van der Waals surface area (Å²) in [4.78, 5) is 9.86. The van der Waals surface area contributed by atoms with Crippen molar-refractivity contribution >= 4 is 6.29 Å². The lowest BCUT2D eigenvalue weighted by Crippen LogP contribution is -1.86. The van der Waals surface area contributed by atoms with E-state index in [0.717, 1.165) is 6.07 Å². The molecule has 57 valence electrons. The normalized spacial score (nSPS) is 9.55. The van der Waals surface area contributed by atoms with E-state index in [0.29, 0.717) is 5.56 Å². The largest absolute Gasteiger partial charge is 0.505 e. The first-order valence-corrected chi connectivity index (χ1v) is 3.06. The van der Waals surface area contributed by atoms with Crippen LogP contribution in [-0.4, -0.2) is 11.4 Å². The summed E-state index contributed by atoms with van der Waals surface area (Å²) in [6.07, 6.45) is 1.69. The molecule has 2 nitrogen and oxygen atoms in total. The van der Waals surface area contributed by atoms with E-state index < -0.39 is 11.6 Å². The van der Waals surface area contributed by atoms with Gasteiger partial charge in [0.1, 0.15) is 0 Å². The predicted octanol–water partition coefficient (Wildman–Crippen LogP) is 1.18. The van der Waals surface area contributed by atoms with Crippen LogP contribution in [0, 0.1) is 5.82 Å². The molecule has 0 saturated heterocycles. The fourth-order valence-electron chi connectivity index (χ4n) is 0.744. The number of aromatic hydroxyl groups is 1. The van der Waals surface area contributed by atoms with Crippen molar-refractivity contribution in [1.29, 1.82) is 0 Å². The third kappa shape index (κ3) is 1.77. The number of rotatable bonds is 2. The van der Waals surface area contributed by atoms with Crippen LogP contribution in [0.2, 0.25) is 0 Å². The maximum atomic E-state index is 12.5. The second-order valence-corrected chi connectivity index (χ2v) is 2.11. The zero-order valence-electron chi connectivity index (χ0n) is 5.67. The van der Waals surface area contributed by atoms with Crippen molar-refractivity contribution in [2.24, 2.45) is 0 Å². The van der Waals surface area contributed by atoms with Gasteiger partial charge in [-0.1, -0.05) is 6.07 Å². The van der Waals surface area contributed by atoms with Gasteiger partial charge in [0, 0.05) is 6.42 Å². The van der Waals surface area contributed by atoms with Gasteiger partial charge in [-0.2, -0.15) is 0 Å². The first-order chi connectivity index (χ1) is 5.24. The quantitative estimate of drug-likeness (QED) is 0.692. The zero-order valence-corrected chi connectivity index (χ0v) is 5.67. The van der Waals surface area contributed by atoms with E-state index in [1.807, 2.05) is 0 Å². The third-order valence-corrected chi connectivity index (χ3v) is 1.29. The lowest BCUT2D eigenvalue weighted by molar-refractivity contribution is 0.432. The van der Waals surface area contributed by atoms with Gasteiger partial charge in [0.05, 0.1) is 0 Å². The van der Waals surface area contributed by atoms with Crippen LogP contribution in [0.1, 0.15) is 5.56 Å². The van der Waals surface area contributed by atoms with Gasteiger partial charge < -0.3 is 5.11 Å². The topological polar surface area (TPSA) is 37.3 Å². The summed E-state index contributed by atoms with van der Waals surface area (Å²) in [6.45, 7) is 0. The molecule has 1 N–H and O–H groups in total. The molecule has 0 unspecified atom stereocenters. The van der Waals surface area contributed by atoms with Crippen molar-refractivity contribution in [2.75, 3.05) is 0 Å². The fraction of sp³-hybridized carbons (Fsp3) is 0.125. The minimum absolute atomic E-state index is 0.0528. The van der Waals surface area contributed by atoms with E-state index in [1.165, 1.54) is 12.1 Å². The highest BCUT2D eigenvalue weighted by Gasteiger charge is 2.00. The maximum Gasteiger partial charge on any atom is 0.203 e. The summed E-state index contributed by atoms with van der Waals surface area (Å²) in [6, 6.07) is 3.80. The van der Waals surface area contributed by atoms with Gasteiger partial charge >= 0.3 is 0 Å². The van der Waals surface area contributed by atoms with E-state index in [1.54, 1.807) is 6.29 Å². The molecule has 3 heteroatoms. The number of hydrogen-bond acceptors (Lipinski definition) is 2. The van der Waals surface area contributed by atoms with Gasteiger partial charge in [0.25, 0.3) is 0 Å². The SMILES string of the molecule is O=[C]Cc1ccc(O)c(F)c1. The monoisotopic (exact) mass is 153 g/mol. The lowest BCUT2D eigenvalue weighted by Gasteiger charge is -1.96. The second kappa shape index (κ2) is 3.14. The number of carbonyl (C=O) groups excluding carboxylic acids is 1. The lowest BCUT2D eigenvalue weighted by atomic mass is 10.1. The molecule has 0 saturated carbocycles. The number of phenols is 1. The minimum atomic E-state index is -0.710. The molecule has 0 amide bonds. The van der Waals surface area contributed by atoms with Crippen LogP contribution in [0.25, 0.3) is 0 Å². The molecular formula is C8H6FO2. The molecule has 0 fully saturated rings. The highest BCUT2D eigenvalue weighted by molar-refractivity contribution is 5.56. The Bertz CT molecular complexity index is 271. The van der Waals surface area contributed by atoms with E-state index in [4.69, 9.17) is 5.11 Å². The first kappa shape index (κ1) is 7.72. The molecule has 0 aromatic heterocycles. The first-order valence-electron chi connectivity index (χ1n) is 3.06. The van der Waals surface area contributed by atoms with Crippen molar-refractivity contribution in [3.8, 4) is 5.75 Å². The Hall–Kier alpha value is -1.38. The molecule has 0 atom stereocenters. The Morgan fingerprint density at radius 1 is 1.55 bits per heavy atom. The maximum absolute atomic E-state index is 12.5. The molecule has 0 aliphatic carbocycles. The van der Waals surface area contributed by atoms with Gasteiger partial charge in [-0.15, -0.1) is 0 Å². The Kier molecular flexibility index (Phi) is 2.21. The average Bonchev–Trinajstić information content (AvgIpc) is 1.98. The second-order valence-electron chi connectivity index (χ2n) is 2.11.